The molecule has 0 spiro atoms. The van der Waals surface area contributed by atoms with Crippen molar-refractivity contribution in [3.05, 3.63) is 29.3 Å². The molecule has 1 aromatic rings. The van der Waals surface area contributed by atoms with E-state index in [9.17, 15) is 4.79 Å². The number of benzene rings is 1. The summed E-state index contributed by atoms with van der Waals surface area (Å²) in [5.74, 6) is 0.0263. The fraction of sp³-hybridized carbons (Fsp3) is 0.385. The average molecular weight is 231 g/mol. The molecule has 0 fully saturated rings. The molecule has 90 valence electrons. The first-order valence-electron chi connectivity index (χ1n) is 5.78. The summed E-state index contributed by atoms with van der Waals surface area (Å²) in [6.45, 7) is 4.57. The number of nitrogens with zero attached hydrogens (tertiary/aromatic N) is 2. The summed E-state index contributed by atoms with van der Waals surface area (Å²) in [5.41, 5.74) is 9.46. The standard InChI is InChI=1S/C13H17N3O/c1-9-5-10(2)7-12(6-9)16-13(17)8-11(15-16)3-4-14/h5-7H,3-4,8,14H2,1-2H3. The zero-order chi connectivity index (χ0) is 12.4. The fourth-order valence-corrected chi connectivity index (χ4v) is 2.06. The maximum absolute atomic E-state index is 11.9. The van der Waals surface area contributed by atoms with Crippen molar-refractivity contribution in [2.75, 3.05) is 11.6 Å². The van der Waals surface area contributed by atoms with Crippen molar-refractivity contribution in [1.29, 1.82) is 0 Å². The van der Waals surface area contributed by atoms with Gasteiger partial charge < -0.3 is 5.73 Å². The summed E-state index contributed by atoms with van der Waals surface area (Å²) in [7, 11) is 0. The van der Waals surface area contributed by atoms with Gasteiger partial charge in [0, 0.05) is 12.1 Å². The third kappa shape index (κ3) is 2.53. The van der Waals surface area contributed by atoms with Crippen LogP contribution in [0.4, 0.5) is 5.69 Å². The highest BCUT2D eigenvalue weighted by Gasteiger charge is 2.24. The molecule has 0 bridgehead atoms. The number of carbonyl (C=O) groups is 1. The molecule has 4 nitrogen and oxygen atoms in total. The van der Waals surface area contributed by atoms with Gasteiger partial charge in [0.25, 0.3) is 5.91 Å². The van der Waals surface area contributed by atoms with Crippen molar-refractivity contribution in [1.82, 2.24) is 0 Å². The number of hydrogen-bond donors (Lipinski definition) is 1. The second kappa shape index (κ2) is 4.67. The van der Waals surface area contributed by atoms with Crippen LogP contribution >= 0.6 is 0 Å². The van der Waals surface area contributed by atoms with Gasteiger partial charge in [0.15, 0.2) is 0 Å². The Morgan fingerprint density at radius 1 is 1.29 bits per heavy atom. The Morgan fingerprint density at radius 3 is 2.53 bits per heavy atom. The van der Waals surface area contributed by atoms with Gasteiger partial charge in [0.1, 0.15) is 0 Å². The van der Waals surface area contributed by atoms with Crippen LogP contribution < -0.4 is 10.7 Å². The molecular weight excluding hydrogens is 214 g/mol. The second-order valence-electron chi connectivity index (χ2n) is 4.43. The average Bonchev–Trinajstić information content (AvgIpc) is 2.58. The Bertz CT molecular complexity index is 459. The molecule has 0 aromatic heterocycles. The molecule has 1 aliphatic heterocycles. The third-order valence-corrected chi connectivity index (χ3v) is 2.72. The lowest BCUT2D eigenvalue weighted by molar-refractivity contribution is -0.116. The first kappa shape index (κ1) is 11.8. The SMILES string of the molecule is Cc1cc(C)cc(N2N=C(CCN)CC2=O)c1. The summed E-state index contributed by atoms with van der Waals surface area (Å²) >= 11 is 0. The smallest absolute Gasteiger partial charge is 0.253 e. The molecule has 1 heterocycles. The van der Waals surface area contributed by atoms with Crippen molar-refractivity contribution in [2.24, 2.45) is 10.8 Å². The van der Waals surface area contributed by atoms with Gasteiger partial charge in [0.05, 0.1) is 12.1 Å². The summed E-state index contributed by atoms with van der Waals surface area (Å²) in [6.07, 6.45) is 1.08. The van der Waals surface area contributed by atoms with E-state index < -0.39 is 0 Å². The van der Waals surface area contributed by atoms with E-state index in [-0.39, 0.29) is 5.91 Å². The Hall–Kier alpha value is -1.68. The highest BCUT2D eigenvalue weighted by Crippen LogP contribution is 2.23. The number of anilines is 1. The quantitative estimate of drug-likeness (QED) is 0.861. The van der Waals surface area contributed by atoms with Gasteiger partial charge in [-0.1, -0.05) is 6.07 Å². The molecular formula is C13H17N3O. The zero-order valence-corrected chi connectivity index (χ0v) is 10.2. The third-order valence-electron chi connectivity index (χ3n) is 2.72. The van der Waals surface area contributed by atoms with E-state index >= 15 is 0 Å². The fourth-order valence-electron chi connectivity index (χ4n) is 2.06. The highest BCUT2D eigenvalue weighted by atomic mass is 16.2. The van der Waals surface area contributed by atoms with E-state index in [0.29, 0.717) is 19.4 Å². The first-order chi connectivity index (χ1) is 8.10. The van der Waals surface area contributed by atoms with E-state index in [0.717, 1.165) is 22.5 Å². The zero-order valence-electron chi connectivity index (χ0n) is 10.2. The van der Waals surface area contributed by atoms with Crippen LogP contribution in [0.2, 0.25) is 0 Å². The summed E-state index contributed by atoms with van der Waals surface area (Å²) < 4.78 is 0. The molecule has 1 aromatic carbocycles. The molecule has 1 aliphatic rings. The molecule has 2 N–H and O–H groups in total. The van der Waals surface area contributed by atoms with Crippen LogP contribution in [0.5, 0.6) is 0 Å². The van der Waals surface area contributed by atoms with Gasteiger partial charge in [0.2, 0.25) is 0 Å². The summed E-state index contributed by atoms with van der Waals surface area (Å²) in [6, 6.07) is 6.02. The Balaban J connectivity index is 2.30. The number of carbonyl (C=O) groups excluding carboxylic acids is 1. The molecule has 0 saturated heterocycles. The van der Waals surface area contributed by atoms with Crippen LogP contribution in [0.25, 0.3) is 0 Å². The predicted octanol–water partition coefficient (Wildman–Crippen LogP) is 1.74. The number of hydrogen-bond acceptors (Lipinski definition) is 3. The van der Waals surface area contributed by atoms with Crippen molar-refractivity contribution in [2.45, 2.75) is 26.7 Å². The number of aryl methyl sites for hydroxylation is 2. The van der Waals surface area contributed by atoms with Crippen molar-refractivity contribution < 1.29 is 4.79 Å². The molecule has 0 atom stereocenters. The molecule has 0 radical (unpaired) electrons. The topological polar surface area (TPSA) is 58.7 Å². The maximum Gasteiger partial charge on any atom is 0.253 e. The molecule has 0 saturated carbocycles. The molecule has 17 heavy (non-hydrogen) atoms. The number of hydrazone groups is 1. The minimum atomic E-state index is 0.0263. The van der Waals surface area contributed by atoms with Crippen LogP contribution in [0.3, 0.4) is 0 Å². The predicted molar refractivity (Wildman–Crippen MR) is 69.1 cm³/mol. The summed E-state index contributed by atoms with van der Waals surface area (Å²) in [5, 5.41) is 5.82. The summed E-state index contributed by atoms with van der Waals surface area (Å²) in [4.78, 5) is 11.9. The van der Waals surface area contributed by atoms with Crippen LogP contribution in [-0.2, 0) is 4.79 Å². The van der Waals surface area contributed by atoms with E-state index in [1.165, 1.54) is 5.01 Å². The Kier molecular flexibility index (Phi) is 3.24. The van der Waals surface area contributed by atoms with Gasteiger partial charge in [-0.15, -0.1) is 0 Å². The molecule has 2 rings (SSSR count). The number of amides is 1. The van der Waals surface area contributed by atoms with E-state index in [1.807, 2.05) is 26.0 Å². The van der Waals surface area contributed by atoms with Crippen LogP contribution in [0, 0.1) is 13.8 Å². The lowest BCUT2D eigenvalue weighted by Gasteiger charge is -2.13. The van der Waals surface area contributed by atoms with Gasteiger partial charge in [-0.2, -0.15) is 5.10 Å². The maximum atomic E-state index is 11.9. The Labute approximate surface area is 101 Å². The minimum Gasteiger partial charge on any atom is -0.330 e. The molecule has 1 amide bonds. The van der Waals surface area contributed by atoms with Gasteiger partial charge in [-0.25, -0.2) is 5.01 Å². The number of nitrogens with two attached hydrogens (primary N) is 1. The number of rotatable bonds is 3. The highest BCUT2D eigenvalue weighted by molar-refractivity contribution is 6.13. The minimum absolute atomic E-state index is 0.0263. The van der Waals surface area contributed by atoms with Crippen LogP contribution in [0.15, 0.2) is 23.3 Å². The van der Waals surface area contributed by atoms with Gasteiger partial charge in [-0.3, -0.25) is 4.79 Å². The van der Waals surface area contributed by atoms with E-state index in [1.54, 1.807) is 0 Å². The molecule has 0 aliphatic carbocycles. The van der Waals surface area contributed by atoms with Crippen LogP contribution in [0.1, 0.15) is 24.0 Å². The van der Waals surface area contributed by atoms with Crippen molar-refractivity contribution in [3.8, 4) is 0 Å². The van der Waals surface area contributed by atoms with Crippen molar-refractivity contribution >= 4 is 17.3 Å². The molecule has 4 heteroatoms. The van der Waals surface area contributed by atoms with E-state index in [4.69, 9.17) is 5.73 Å². The normalized spacial score (nSPS) is 15.4. The van der Waals surface area contributed by atoms with Crippen LogP contribution in [-0.4, -0.2) is 18.2 Å². The first-order valence-corrected chi connectivity index (χ1v) is 5.78. The lowest BCUT2D eigenvalue weighted by Crippen LogP contribution is -2.19. The molecule has 0 unspecified atom stereocenters. The van der Waals surface area contributed by atoms with E-state index in [2.05, 4.69) is 11.2 Å². The lowest BCUT2D eigenvalue weighted by atomic mass is 10.1. The largest absolute Gasteiger partial charge is 0.330 e. The second-order valence-corrected chi connectivity index (χ2v) is 4.43. The Morgan fingerprint density at radius 2 is 1.94 bits per heavy atom. The van der Waals surface area contributed by atoms with Crippen molar-refractivity contribution in [3.63, 3.8) is 0 Å². The van der Waals surface area contributed by atoms with Gasteiger partial charge >= 0.3 is 0 Å². The van der Waals surface area contributed by atoms with Gasteiger partial charge in [-0.05, 0) is 43.7 Å². The monoisotopic (exact) mass is 231 g/mol.